The normalized spacial score (nSPS) is 12.0. The number of rotatable bonds is 4. The standard InChI is InChI=1S/C17H21N3S/c1-17(2,3)15-11-21-16(20-15)18-9-8-12-10-19-14-7-5-4-6-13(12)14/h4-7,10-11,19H,8-9H2,1-3H3,(H,18,20). The third kappa shape index (κ3) is 3.10. The van der Waals surface area contributed by atoms with E-state index in [0.717, 1.165) is 23.8 Å². The molecule has 0 aliphatic rings. The minimum Gasteiger partial charge on any atom is -0.361 e. The molecule has 4 heteroatoms. The van der Waals surface area contributed by atoms with E-state index in [2.05, 4.69) is 71.9 Å². The number of nitrogens with one attached hydrogen (secondary N) is 2. The predicted molar refractivity (Wildman–Crippen MR) is 91.3 cm³/mol. The van der Waals surface area contributed by atoms with Crippen LogP contribution in [0.5, 0.6) is 0 Å². The molecule has 0 aliphatic heterocycles. The van der Waals surface area contributed by atoms with Crippen LogP contribution in [0.25, 0.3) is 10.9 Å². The number of aromatic nitrogens is 2. The molecule has 3 nitrogen and oxygen atoms in total. The second kappa shape index (κ2) is 5.53. The molecule has 3 rings (SSSR count). The van der Waals surface area contributed by atoms with E-state index in [0.29, 0.717) is 0 Å². The van der Waals surface area contributed by atoms with Crippen LogP contribution in [-0.4, -0.2) is 16.5 Å². The predicted octanol–water partition coefficient (Wildman–Crippen LogP) is 4.58. The fraction of sp³-hybridized carbons (Fsp3) is 0.353. The topological polar surface area (TPSA) is 40.7 Å². The Hall–Kier alpha value is -1.81. The van der Waals surface area contributed by atoms with E-state index in [4.69, 9.17) is 0 Å². The number of anilines is 1. The van der Waals surface area contributed by atoms with E-state index in [1.165, 1.54) is 16.5 Å². The molecule has 0 fully saturated rings. The van der Waals surface area contributed by atoms with Crippen molar-refractivity contribution in [3.8, 4) is 0 Å². The van der Waals surface area contributed by atoms with E-state index in [-0.39, 0.29) is 5.41 Å². The van der Waals surface area contributed by atoms with Crippen LogP contribution in [-0.2, 0) is 11.8 Å². The first kappa shape index (κ1) is 14.1. The molecule has 0 amide bonds. The molecule has 0 atom stereocenters. The molecule has 0 bridgehead atoms. The summed E-state index contributed by atoms with van der Waals surface area (Å²) in [4.78, 5) is 7.98. The average Bonchev–Trinajstić information content (AvgIpc) is 3.06. The lowest BCUT2D eigenvalue weighted by atomic mass is 9.93. The van der Waals surface area contributed by atoms with Crippen LogP contribution in [0.2, 0.25) is 0 Å². The largest absolute Gasteiger partial charge is 0.361 e. The maximum absolute atomic E-state index is 4.66. The second-order valence-electron chi connectivity index (χ2n) is 6.32. The summed E-state index contributed by atoms with van der Waals surface area (Å²) in [6.45, 7) is 7.48. The Morgan fingerprint density at radius 1 is 1.24 bits per heavy atom. The first-order valence-corrected chi connectivity index (χ1v) is 8.17. The molecule has 0 spiro atoms. The summed E-state index contributed by atoms with van der Waals surface area (Å²) in [5, 5.41) is 7.91. The van der Waals surface area contributed by atoms with E-state index in [1.807, 2.05) is 0 Å². The van der Waals surface area contributed by atoms with Crippen LogP contribution in [0.15, 0.2) is 35.8 Å². The Morgan fingerprint density at radius 2 is 2.05 bits per heavy atom. The van der Waals surface area contributed by atoms with Gasteiger partial charge >= 0.3 is 0 Å². The third-order valence-electron chi connectivity index (χ3n) is 3.62. The quantitative estimate of drug-likeness (QED) is 0.740. The number of thiazole rings is 1. The lowest BCUT2D eigenvalue weighted by Crippen LogP contribution is -2.12. The van der Waals surface area contributed by atoms with Crippen LogP contribution in [0, 0.1) is 0 Å². The van der Waals surface area contributed by atoms with Gasteiger partial charge in [-0.15, -0.1) is 11.3 Å². The molecule has 0 unspecified atom stereocenters. The van der Waals surface area contributed by atoms with Crippen LogP contribution in [0.3, 0.4) is 0 Å². The van der Waals surface area contributed by atoms with Crippen molar-refractivity contribution in [2.24, 2.45) is 0 Å². The summed E-state index contributed by atoms with van der Waals surface area (Å²) >= 11 is 1.69. The SMILES string of the molecule is CC(C)(C)c1csc(NCCc2c[nH]c3ccccc23)n1. The van der Waals surface area contributed by atoms with Crippen molar-refractivity contribution >= 4 is 27.4 Å². The van der Waals surface area contributed by atoms with Crippen molar-refractivity contribution in [2.45, 2.75) is 32.6 Å². The number of para-hydroxylation sites is 1. The zero-order valence-corrected chi connectivity index (χ0v) is 13.6. The van der Waals surface area contributed by atoms with Gasteiger partial charge in [-0.1, -0.05) is 39.0 Å². The number of nitrogens with zero attached hydrogens (tertiary/aromatic N) is 1. The highest BCUT2D eigenvalue weighted by Gasteiger charge is 2.17. The Kier molecular flexibility index (Phi) is 3.72. The van der Waals surface area contributed by atoms with Gasteiger partial charge in [0.05, 0.1) is 5.69 Å². The van der Waals surface area contributed by atoms with Gasteiger partial charge in [0.25, 0.3) is 0 Å². The number of fused-ring (bicyclic) bond motifs is 1. The van der Waals surface area contributed by atoms with Crippen molar-refractivity contribution in [3.05, 3.63) is 47.1 Å². The molecular weight excluding hydrogens is 278 g/mol. The van der Waals surface area contributed by atoms with Gasteiger partial charge in [0.15, 0.2) is 5.13 Å². The summed E-state index contributed by atoms with van der Waals surface area (Å²) < 4.78 is 0. The highest BCUT2D eigenvalue weighted by atomic mass is 32.1. The molecule has 3 aromatic rings. The highest BCUT2D eigenvalue weighted by molar-refractivity contribution is 7.13. The number of hydrogen-bond donors (Lipinski definition) is 2. The lowest BCUT2D eigenvalue weighted by Gasteiger charge is -2.14. The van der Waals surface area contributed by atoms with E-state index < -0.39 is 0 Å². The molecular formula is C17H21N3S. The summed E-state index contributed by atoms with van der Waals surface area (Å²) in [5.41, 5.74) is 3.83. The molecule has 0 saturated heterocycles. The fourth-order valence-corrected chi connectivity index (χ4v) is 3.31. The molecule has 2 N–H and O–H groups in total. The number of aromatic amines is 1. The molecule has 0 aliphatic carbocycles. The van der Waals surface area contributed by atoms with Gasteiger partial charge in [-0.3, -0.25) is 0 Å². The zero-order valence-electron chi connectivity index (χ0n) is 12.7. The molecule has 21 heavy (non-hydrogen) atoms. The summed E-state index contributed by atoms with van der Waals surface area (Å²) in [7, 11) is 0. The Morgan fingerprint density at radius 3 is 2.81 bits per heavy atom. The number of H-pyrrole nitrogens is 1. The van der Waals surface area contributed by atoms with E-state index >= 15 is 0 Å². The molecule has 2 heterocycles. The van der Waals surface area contributed by atoms with Crippen LogP contribution >= 0.6 is 11.3 Å². The van der Waals surface area contributed by atoms with Crippen molar-refractivity contribution in [2.75, 3.05) is 11.9 Å². The molecule has 0 radical (unpaired) electrons. The van der Waals surface area contributed by atoms with Gasteiger partial charge in [0, 0.05) is 34.4 Å². The van der Waals surface area contributed by atoms with Crippen molar-refractivity contribution < 1.29 is 0 Å². The van der Waals surface area contributed by atoms with E-state index in [1.54, 1.807) is 11.3 Å². The van der Waals surface area contributed by atoms with Gasteiger partial charge in [0.2, 0.25) is 0 Å². The minimum absolute atomic E-state index is 0.118. The van der Waals surface area contributed by atoms with Crippen LogP contribution in [0.1, 0.15) is 32.0 Å². The maximum atomic E-state index is 4.66. The molecule has 2 aromatic heterocycles. The third-order valence-corrected chi connectivity index (χ3v) is 4.42. The maximum Gasteiger partial charge on any atom is 0.182 e. The van der Waals surface area contributed by atoms with Gasteiger partial charge in [-0.2, -0.15) is 0 Å². The average molecular weight is 299 g/mol. The number of benzene rings is 1. The van der Waals surface area contributed by atoms with Crippen molar-refractivity contribution in [1.82, 2.24) is 9.97 Å². The highest BCUT2D eigenvalue weighted by Crippen LogP contribution is 2.26. The smallest absolute Gasteiger partial charge is 0.182 e. The zero-order chi connectivity index (χ0) is 14.9. The van der Waals surface area contributed by atoms with Crippen molar-refractivity contribution in [3.63, 3.8) is 0 Å². The molecule has 0 saturated carbocycles. The monoisotopic (exact) mass is 299 g/mol. The second-order valence-corrected chi connectivity index (χ2v) is 7.18. The van der Waals surface area contributed by atoms with Crippen molar-refractivity contribution in [1.29, 1.82) is 0 Å². The van der Waals surface area contributed by atoms with Gasteiger partial charge in [-0.25, -0.2) is 4.98 Å². The Bertz CT molecular complexity index is 734. The Balaban J connectivity index is 1.62. The summed E-state index contributed by atoms with van der Waals surface area (Å²) in [6, 6.07) is 8.43. The minimum atomic E-state index is 0.118. The first-order valence-electron chi connectivity index (χ1n) is 7.29. The molecule has 110 valence electrons. The van der Waals surface area contributed by atoms with Gasteiger partial charge < -0.3 is 10.3 Å². The Labute approximate surface area is 129 Å². The van der Waals surface area contributed by atoms with Gasteiger partial charge in [-0.05, 0) is 18.1 Å². The fourth-order valence-electron chi connectivity index (χ4n) is 2.34. The molecule has 1 aromatic carbocycles. The van der Waals surface area contributed by atoms with E-state index in [9.17, 15) is 0 Å². The van der Waals surface area contributed by atoms with Crippen LogP contribution in [0.4, 0.5) is 5.13 Å². The number of hydrogen-bond acceptors (Lipinski definition) is 3. The van der Waals surface area contributed by atoms with Gasteiger partial charge in [0.1, 0.15) is 0 Å². The summed E-state index contributed by atoms with van der Waals surface area (Å²) in [5.74, 6) is 0. The summed E-state index contributed by atoms with van der Waals surface area (Å²) in [6.07, 6.45) is 3.10. The first-order chi connectivity index (χ1) is 10.0. The lowest BCUT2D eigenvalue weighted by molar-refractivity contribution is 0.573. The van der Waals surface area contributed by atoms with Crippen LogP contribution < -0.4 is 5.32 Å².